The molecule has 5 rings (SSSR count). The zero-order valence-corrected chi connectivity index (χ0v) is 27.4. The number of hydrogen-bond donors (Lipinski definition) is 0. The van der Waals surface area contributed by atoms with E-state index in [0.717, 1.165) is 16.9 Å². The number of nitrogens with zero attached hydrogens (tertiary/aromatic N) is 2. The molecule has 0 saturated carbocycles. The molecule has 0 radical (unpaired) electrons. The zero-order valence-electron chi connectivity index (χ0n) is 25.9. The molecule has 2 unspecified atom stereocenters. The summed E-state index contributed by atoms with van der Waals surface area (Å²) in [7, 11) is 3.25. The van der Waals surface area contributed by atoms with Crippen LogP contribution in [0.25, 0.3) is 0 Å². The first-order chi connectivity index (χ1) is 21.7. The van der Waals surface area contributed by atoms with E-state index in [9.17, 15) is 4.79 Å². The van der Waals surface area contributed by atoms with E-state index in [4.69, 9.17) is 47.1 Å². The topological polar surface area (TPSA) is 69.6 Å². The Kier molecular flexibility index (Phi) is 9.90. The van der Waals surface area contributed by atoms with Crippen molar-refractivity contribution in [2.24, 2.45) is 4.99 Å². The van der Waals surface area contributed by atoms with Gasteiger partial charge in [-0.2, -0.15) is 0 Å². The standard InChI is InChI=1S/C36H36Cl2N2O5/c1-6-44-35(41)36(26-12-16-28(38)17-13-26)33(25-10-14-27(37)15-11-25)40(22-24-8-7-9-29(20-24)42-4)34(39-36)31-19-18-30(43-5)21-32(31)45-23(2)3/h7-21,23,33H,6,22H2,1-5H3. The van der Waals surface area contributed by atoms with Gasteiger partial charge >= 0.3 is 5.97 Å². The first-order valence-electron chi connectivity index (χ1n) is 14.7. The molecule has 9 heteroatoms. The Balaban J connectivity index is 1.85. The van der Waals surface area contributed by atoms with Crippen molar-refractivity contribution in [2.75, 3.05) is 20.8 Å². The van der Waals surface area contributed by atoms with E-state index in [2.05, 4.69) is 4.90 Å². The van der Waals surface area contributed by atoms with Gasteiger partial charge in [-0.25, -0.2) is 9.79 Å². The maximum absolute atomic E-state index is 14.5. The Morgan fingerprint density at radius 3 is 2.16 bits per heavy atom. The quantitative estimate of drug-likeness (QED) is 0.153. The average molecular weight is 648 g/mol. The molecule has 234 valence electrons. The maximum atomic E-state index is 14.5. The zero-order chi connectivity index (χ0) is 32.1. The molecule has 45 heavy (non-hydrogen) atoms. The van der Waals surface area contributed by atoms with Crippen LogP contribution in [-0.4, -0.2) is 43.6 Å². The summed E-state index contributed by atoms with van der Waals surface area (Å²) in [6.45, 7) is 6.26. The van der Waals surface area contributed by atoms with Crippen LogP contribution in [0, 0.1) is 0 Å². The number of methoxy groups -OCH3 is 2. The molecule has 4 aromatic rings. The van der Waals surface area contributed by atoms with Crippen molar-refractivity contribution in [3.63, 3.8) is 0 Å². The third kappa shape index (κ3) is 6.60. The van der Waals surface area contributed by atoms with Gasteiger partial charge in [0.2, 0.25) is 5.54 Å². The molecule has 1 aliphatic rings. The number of benzene rings is 4. The van der Waals surface area contributed by atoms with Gasteiger partial charge in [-0.15, -0.1) is 0 Å². The summed E-state index contributed by atoms with van der Waals surface area (Å²) >= 11 is 12.7. The second-order valence-electron chi connectivity index (χ2n) is 10.9. The lowest BCUT2D eigenvalue weighted by molar-refractivity contribution is -0.151. The minimum atomic E-state index is -1.52. The largest absolute Gasteiger partial charge is 0.497 e. The molecular weight excluding hydrogens is 611 g/mol. The number of hydrogen-bond acceptors (Lipinski definition) is 7. The summed E-state index contributed by atoms with van der Waals surface area (Å²) in [4.78, 5) is 22.0. The average Bonchev–Trinajstić information content (AvgIpc) is 3.37. The molecule has 0 bridgehead atoms. The first kappa shape index (κ1) is 32.2. The van der Waals surface area contributed by atoms with Gasteiger partial charge < -0.3 is 23.8 Å². The van der Waals surface area contributed by atoms with E-state index < -0.39 is 17.6 Å². The molecule has 0 spiro atoms. The van der Waals surface area contributed by atoms with Crippen LogP contribution in [0.5, 0.6) is 17.2 Å². The Morgan fingerprint density at radius 2 is 1.53 bits per heavy atom. The summed E-state index contributed by atoms with van der Waals surface area (Å²) in [5.74, 6) is 1.99. The lowest BCUT2D eigenvalue weighted by Gasteiger charge is -2.37. The van der Waals surface area contributed by atoms with Crippen molar-refractivity contribution in [1.82, 2.24) is 4.90 Å². The lowest BCUT2D eigenvalue weighted by Crippen LogP contribution is -2.44. The Hall–Kier alpha value is -4.20. The van der Waals surface area contributed by atoms with Crippen molar-refractivity contribution in [3.05, 3.63) is 123 Å². The van der Waals surface area contributed by atoms with E-state index >= 15 is 0 Å². The minimum Gasteiger partial charge on any atom is -0.497 e. The molecule has 0 aromatic heterocycles. The number of aliphatic imine (C=N–C) groups is 1. The number of carbonyl (C=O) groups is 1. The van der Waals surface area contributed by atoms with Crippen LogP contribution >= 0.6 is 23.2 Å². The summed E-state index contributed by atoms with van der Waals surface area (Å²) in [5, 5.41) is 1.12. The van der Waals surface area contributed by atoms with Crippen molar-refractivity contribution in [2.45, 2.75) is 45.0 Å². The maximum Gasteiger partial charge on any atom is 0.341 e. The predicted molar refractivity (Wildman–Crippen MR) is 178 cm³/mol. The molecule has 1 aliphatic heterocycles. The van der Waals surface area contributed by atoms with Crippen LogP contribution in [0.15, 0.2) is 96.0 Å². The Morgan fingerprint density at radius 1 is 0.889 bits per heavy atom. The highest BCUT2D eigenvalue weighted by atomic mass is 35.5. The molecule has 0 saturated heterocycles. The monoisotopic (exact) mass is 646 g/mol. The molecule has 7 nitrogen and oxygen atoms in total. The number of rotatable bonds is 11. The minimum absolute atomic E-state index is 0.136. The van der Waals surface area contributed by atoms with Gasteiger partial charge in [0.05, 0.1) is 38.5 Å². The highest BCUT2D eigenvalue weighted by molar-refractivity contribution is 6.30. The molecule has 0 aliphatic carbocycles. The molecule has 0 N–H and O–H groups in total. The van der Waals surface area contributed by atoms with Gasteiger partial charge in [0.1, 0.15) is 23.1 Å². The van der Waals surface area contributed by atoms with Crippen LogP contribution in [0.4, 0.5) is 0 Å². The molecule has 0 amide bonds. The molecule has 4 aromatic carbocycles. The van der Waals surface area contributed by atoms with E-state index in [1.165, 1.54) is 0 Å². The SMILES string of the molecule is CCOC(=O)C1(c2ccc(Cl)cc2)N=C(c2ccc(OC)cc2OC(C)C)N(Cc2cccc(OC)c2)C1c1ccc(Cl)cc1. The van der Waals surface area contributed by atoms with Gasteiger partial charge in [0.25, 0.3) is 0 Å². The third-order valence-corrected chi connectivity index (χ3v) is 8.10. The lowest BCUT2D eigenvalue weighted by atomic mass is 9.79. The Bertz CT molecular complexity index is 1670. The van der Waals surface area contributed by atoms with E-state index in [0.29, 0.717) is 45.1 Å². The smallest absolute Gasteiger partial charge is 0.341 e. The van der Waals surface area contributed by atoms with Crippen LogP contribution < -0.4 is 14.2 Å². The number of ether oxygens (including phenoxy) is 4. The number of esters is 1. The summed E-state index contributed by atoms with van der Waals surface area (Å²) in [6.07, 6.45) is -0.136. The highest BCUT2D eigenvalue weighted by Gasteiger charge is 2.57. The summed E-state index contributed by atoms with van der Waals surface area (Å²) < 4.78 is 23.3. The van der Waals surface area contributed by atoms with E-state index in [1.807, 2.05) is 92.7 Å². The number of carbonyl (C=O) groups excluding carboxylic acids is 1. The molecule has 0 fully saturated rings. The first-order valence-corrected chi connectivity index (χ1v) is 15.5. The number of amidine groups is 1. The Labute approximate surface area is 274 Å². The molecule has 1 heterocycles. The summed E-state index contributed by atoms with van der Waals surface area (Å²) in [6, 6.07) is 27.5. The van der Waals surface area contributed by atoms with Crippen molar-refractivity contribution in [3.8, 4) is 17.2 Å². The fourth-order valence-electron chi connectivity index (χ4n) is 5.66. The third-order valence-electron chi connectivity index (χ3n) is 7.60. The van der Waals surface area contributed by atoms with Gasteiger partial charge in [-0.05, 0) is 86.0 Å². The van der Waals surface area contributed by atoms with Gasteiger partial charge in [-0.1, -0.05) is 59.6 Å². The second kappa shape index (κ2) is 13.8. The van der Waals surface area contributed by atoms with Crippen LogP contribution in [0.2, 0.25) is 10.0 Å². The van der Waals surface area contributed by atoms with Crippen LogP contribution in [0.3, 0.4) is 0 Å². The second-order valence-corrected chi connectivity index (χ2v) is 11.8. The normalized spacial score (nSPS) is 17.6. The van der Waals surface area contributed by atoms with Gasteiger partial charge in [0.15, 0.2) is 0 Å². The van der Waals surface area contributed by atoms with Gasteiger partial charge in [0, 0.05) is 22.7 Å². The molecule has 2 atom stereocenters. The number of halogens is 2. The van der Waals surface area contributed by atoms with E-state index in [1.54, 1.807) is 33.3 Å². The predicted octanol–water partition coefficient (Wildman–Crippen LogP) is 8.26. The van der Waals surface area contributed by atoms with Crippen LogP contribution in [0.1, 0.15) is 49.1 Å². The van der Waals surface area contributed by atoms with Crippen molar-refractivity contribution in [1.29, 1.82) is 0 Å². The fraction of sp³-hybridized carbons (Fsp3) is 0.278. The fourth-order valence-corrected chi connectivity index (χ4v) is 5.92. The van der Waals surface area contributed by atoms with Crippen molar-refractivity contribution < 1.29 is 23.7 Å². The highest BCUT2D eigenvalue weighted by Crippen LogP contribution is 2.51. The summed E-state index contributed by atoms with van der Waals surface area (Å²) in [5.41, 5.74) is 1.60. The molecular formula is C36H36Cl2N2O5. The van der Waals surface area contributed by atoms with Gasteiger partial charge in [-0.3, -0.25) is 0 Å². The van der Waals surface area contributed by atoms with E-state index in [-0.39, 0.29) is 12.7 Å². The van der Waals surface area contributed by atoms with Crippen LogP contribution in [-0.2, 0) is 21.6 Å². The van der Waals surface area contributed by atoms with Crippen molar-refractivity contribution >= 4 is 35.0 Å².